The molecule has 0 saturated heterocycles. The minimum Gasteiger partial charge on any atom is -0.450 e. The van der Waals surface area contributed by atoms with Crippen LogP contribution in [0.3, 0.4) is 0 Å². The smallest absolute Gasteiger partial charge is 0.416 e. The summed E-state index contributed by atoms with van der Waals surface area (Å²) < 4.78 is 43.3. The van der Waals surface area contributed by atoms with Crippen LogP contribution in [0.25, 0.3) is 0 Å². The summed E-state index contributed by atoms with van der Waals surface area (Å²) in [5.74, 6) is -0.247. The van der Waals surface area contributed by atoms with Gasteiger partial charge in [0.1, 0.15) is 0 Å². The summed E-state index contributed by atoms with van der Waals surface area (Å²) in [6.07, 6.45) is 2.36. The minimum absolute atomic E-state index is 0.0408. The molecule has 7 nitrogen and oxygen atoms in total. The number of rotatable bonds is 5. The second-order valence-corrected chi connectivity index (χ2v) is 8.52. The number of guanidine groups is 1. The summed E-state index contributed by atoms with van der Waals surface area (Å²) in [5.41, 5.74) is -0.712. The first-order chi connectivity index (χ1) is 15.7. The lowest BCUT2D eigenvalue weighted by Gasteiger charge is -2.31. The molecule has 2 aliphatic rings. The third-order valence-corrected chi connectivity index (χ3v) is 6.03. The van der Waals surface area contributed by atoms with E-state index >= 15 is 0 Å². The Labute approximate surface area is 191 Å². The van der Waals surface area contributed by atoms with Crippen LogP contribution in [-0.2, 0) is 10.9 Å². The molecule has 0 aromatic heterocycles. The highest BCUT2D eigenvalue weighted by molar-refractivity contribution is 6.02. The third-order valence-electron chi connectivity index (χ3n) is 6.03. The Morgan fingerprint density at radius 1 is 0.909 bits per heavy atom. The number of nitrogens with zero attached hydrogens (tertiary/aromatic N) is 1. The lowest BCUT2D eigenvalue weighted by atomic mass is 9.91. The van der Waals surface area contributed by atoms with Crippen LogP contribution in [0.4, 0.5) is 18.0 Å². The fourth-order valence-corrected chi connectivity index (χ4v) is 4.25. The molecule has 0 radical (unpaired) electrons. The number of carbonyl (C=O) groups is 2. The Bertz CT molecular complexity index is 828. The minimum atomic E-state index is -4.46. The van der Waals surface area contributed by atoms with Gasteiger partial charge in [-0.1, -0.05) is 12.8 Å². The van der Waals surface area contributed by atoms with Crippen molar-refractivity contribution in [1.29, 1.82) is 0 Å². The zero-order valence-corrected chi connectivity index (χ0v) is 18.7. The van der Waals surface area contributed by atoms with Gasteiger partial charge in [0, 0.05) is 23.7 Å². The van der Waals surface area contributed by atoms with E-state index in [0.717, 1.165) is 75.6 Å². The van der Waals surface area contributed by atoms with E-state index in [2.05, 4.69) is 20.9 Å². The second-order valence-electron chi connectivity index (χ2n) is 8.52. The van der Waals surface area contributed by atoms with Gasteiger partial charge in [0.05, 0.1) is 12.2 Å². The highest BCUT2D eigenvalue weighted by atomic mass is 19.4. The zero-order chi connectivity index (χ0) is 23.8. The molecule has 182 valence electrons. The fraction of sp³-hybridized carbons (Fsp3) is 0.609. The quantitative estimate of drug-likeness (QED) is 0.441. The summed E-state index contributed by atoms with van der Waals surface area (Å²) in [6.45, 7) is 2.08. The lowest BCUT2D eigenvalue weighted by molar-refractivity contribution is -0.137. The van der Waals surface area contributed by atoms with Crippen molar-refractivity contribution >= 4 is 18.0 Å². The van der Waals surface area contributed by atoms with Crippen LogP contribution in [0.5, 0.6) is 0 Å². The monoisotopic (exact) mass is 468 g/mol. The van der Waals surface area contributed by atoms with E-state index in [1.165, 1.54) is 0 Å². The predicted octanol–water partition coefficient (Wildman–Crippen LogP) is 4.38. The Morgan fingerprint density at radius 3 is 1.94 bits per heavy atom. The molecule has 33 heavy (non-hydrogen) atoms. The maximum atomic E-state index is 12.8. The van der Waals surface area contributed by atoms with Gasteiger partial charge in [-0.3, -0.25) is 4.79 Å². The van der Waals surface area contributed by atoms with Crippen molar-refractivity contribution < 1.29 is 27.5 Å². The molecule has 2 saturated carbocycles. The number of aliphatic imine (C=N–C) groups is 1. The Morgan fingerprint density at radius 2 is 1.42 bits per heavy atom. The van der Waals surface area contributed by atoms with Crippen molar-refractivity contribution in [2.24, 2.45) is 4.99 Å². The summed E-state index contributed by atoms with van der Waals surface area (Å²) in [7, 11) is 0. The van der Waals surface area contributed by atoms with Gasteiger partial charge in [-0.25, -0.2) is 4.79 Å². The number of ether oxygens (including phenoxy) is 1. The molecular formula is C23H31F3N4O3. The molecule has 3 N–H and O–H groups in total. The maximum absolute atomic E-state index is 12.8. The lowest BCUT2D eigenvalue weighted by Crippen LogP contribution is -2.49. The number of nitrogens with one attached hydrogen (secondary N) is 3. The van der Waals surface area contributed by atoms with E-state index in [1.54, 1.807) is 6.92 Å². The van der Waals surface area contributed by atoms with Gasteiger partial charge < -0.3 is 20.7 Å². The van der Waals surface area contributed by atoms with Gasteiger partial charge in [0.2, 0.25) is 0 Å². The number of amides is 2. The van der Waals surface area contributed by atoms with Crippen LogP contribution < -0.4 is 16.0 Å². The molecule has 0 bridgehead atoms. The largest absolute Gasteiger partial charge is 0.450 e. The molecule has 0 atom stereocenters. The van der Waals surface area contributed by atoms with Gasteiger partial charge in [-0.2, -0.15) is 18.2 Å². The van der Waals surface area contributed by atoms with Gasteiger partial charge in [-0.15, -0.1) is 0 Å². The number of carbonyl (C=O) groups excluding carboxylic acids is 2. The summed E-state index contributed by atoms with van der Waals surface area (Å²) >= 11 is 0. The van der Waals surface area contributed by atoms with E-state index < -0.39 is 23.7 Å². The van der Waals surface area contributed by atoms with Crippen LogP contribution in [0, 0.1) is 0 Å². The van der Waals surface area contributed by atoms with E-state index in [0.29, 0.717) is 12.6 Å². The number of alkyl halides is 3. The van der Waals surface area contributed by atoms with Crippen molar-refractivity contribution in [3.05, 3.63) is 35.4 Å². The Balaban J connectivity index is 1.63. The van der Waals surface area contributed by atoms with Gasteiger partial charge in [0.25, 0.3) is 5.91 Å². The molecule has 10 heteroatoms. The zero-order valence-electron chi connectivity index (χ0n) is 18.7. The molecule has 2 amide bonds. The first-order valence-corrected chi connectivity index (χ1v) is 11.5. The van der Waals surface area contributed by atoms with E-state index in [9.17, 15) is 22.8 Å². The summed E-state index contributed by atoms with van der Waals surface area (Å²) in [5, 5.41) is 9.47. The number of benzene rings is 1. The van der Waals surface area contributed by atoms with E-state index in [-0.39, 0.29) is 23.7 Å². The molecule has 0 unspecified atom stereocenters. The molecule has 3 rings (SSSR count). The topological polar surface area (TPSA) is 91.8 Å². The van der Waals surface area contributed by atoms with E-state index in [1.807, 2.05) is 0 Å². The Hall–Kier alpha value is -2.78. The molecule has 1 aromatic carbocycles. The summed E-state index contributed by atoms with van der Waals surface area (Å²) in [6, 6.07) is 4.38. The van der Waals surface area contributed by atoms with Gasteiger partial charge in [0.15, 0.2) is 5.96 Å². The number of halogens is 3. The number of alkyl carbamates (subject to hydrolysis) is 1. The highest BCUT2D eigenvalue weighted by Gasteiger charge is 2.30. The average Bonchev–Trinajstić information content (AvgIpc) is 3.28. The fourth-order valence-electron chi connectivity index (χ4n) is 4.25. The normalized spacial score (nSPS) is 22.0. The van der Waals surface area contributed by atoms with Crippen molar-refractivity contribution in [2.75, 3.05) is 6.61 Å². The first-order valence-electron chi connectivity index (χ1n) is 11.5. The molecule has 0 heterocycles. The SMILES string of the molecule is CCOC(=O)N[C@H]1CC[C@H](N/C(=N\C(=O)c2ccc(C(F)(F)F)cc2)NC2CCCC2)CC1. The van der Waals surface area contributed by atoms with Gasteiger partial charge in [-0.05, 0) is 69.7 Å². The number of hydrogen-bond donors (Lipinski definition) is 3. The molecule has 1 aromatic rings. The van der Waals surface area contributed by atoms with Crippen LogP contribution in [0.1, 0.15) is 74.2 Å². The van der Waals surface area contributed by atoms with E-state index in [4.69, 9.17) is 4.74 Å². The van der Waals surface area contributed by atoms with Crippen LogP contribution in [0.15, 0.2) is 29.3 Å². The van der Waals surface area contributed by atoms with Crippen LogP contribution in [0.2, 0.25) is 0 Å². The van der Waals surface area contributed by atoms with Crippen molar-refractivity contribution in [3.8, 4) is 0 Å². The maximum Gasteiger partial charge on any atom is 0.416 e. The van der Waals surface area contributed by atoms with Gasteiger partial charge >= 0.3 is 12.3 Å². The molecule has 2 fully saturated rings. The first kappa shape index (κ1) is 24.9. The molecule has 2 aliphatic carbocycles. The summed E-state index contributed by atoms with van der Waals surface area (Å²) in [4.78, 5) is 28.4. The van der Waals surface area contributed by atoms with Crippen LogP contribution >= 0.6 is 0 Å². The number of hydrogen-bond acceptors (Lipinski definition) is 3. The van der Waals surface area contributed by atoms with Crippen molar-refractivity contribution in [2.45, 2.75) is 82.6 Å². The molecule has 0 spiro atoms. The van der Waals surface area contributed by atoms with Crippen LogP contribution in [-0.4, -0.2) is 42.7 Å². The van der Waals surface area contributed by atoms with Crippen molar-refractivity contribution in [3.63, 3.8) is 0 Å². The highest BCUT2D eigenvalue weighted by Crippen LogP contribution is 2.29. The molecule has 0 aliphatic heterocycles. The standard InChI is InChI=1S/C23H31F3N4O3/c1-2-33-22(32)29-19-13-11-18(12-14-19)28-21(27-17-5-3-4-6-17)30-20(31)15-7-9-16(10-8-15)23(24,25)26/h7-10,17-19H,2-6,11-14H2,1H3,(H,29,32)(H2,27,28,30,31)/t18-,19-. The van der Waals surface area contributed by atoms with Crippen molar-refractivity contribution in [1.82, 2.24) is 16.0 Å². The third kappa shape index (κ3) is 7.64. The second kappa shape index (κ2) is 11.4. The molecular weight excluding hydrogens is 437 g/mol. The average molecular weight is 469 g/mol. The Kier molecular flexibility index (Phi) is 8.57. The predicted molar refractivity (Wildman–Crippen MR) is 118 cm³/mol.